The van der Waals surface area contributed by atoms with E-state index in [-0.39, 0.29) is 6.03 Å². The topological polar surface area (TPSA) is 89.1 Å². The first kappa shape index (κ1) is 22.9. The van der Waals surface area contributed by atoms with Crippen molar-refractivity contribution in [2.45, 2.75) is 19.9 Å². The van der Waals surface area contributed by atoms with E-state index in [1.54, 1.807) is 12.0 Å². The van der Waals surface area contributed by atoms with Gasteiger partial charge in [-0.05, 0) is 31.2 Å². The van der Waals surface area contributed by atoms with Crippen molar-refractivity contribution in [1.29, 1.82) is 0 Å². The van der Waals surface area contributed by atoms with Gasteiger partial charge in [-0.3, -0.25) is 0 Å². The Bertz CT molecular complexity index is 1190. The van der Waals surface area contributed by atoms with Gasteiger partial charge < -0.3 is 29.3 Å². The second kappa shape index (κ2) is 10.2. The summed E-state index contributed by atoms with van der Waals surface area (Å²) < 4.78 is 17.3. The van der Waals surface area contributed by atoms with E-state index in [1.807, 2.05) is 55.5 Å². The van der Waals surface area contributed by atoms with Crippen molar-refractivity contribution in [3.8, 4) is 17.4 Å². The molecule has 0 radical (unpaired) electrons. The summed E-state index contributed by atoms with van der Waals surface area (Å²) in [5.41, 5.74) is 3.60. The number of morpholine rings is 1. The van der Waals surface area contributed by atoms with E-state index in [0.717, 1.165) is 35.6 Å². The van der Waals surface area contributed by atoms with E-state index >= 15 is 0 Å². The molecule has 0 aliphatic carbocycles. The first-order valence-corrected chi connectivity index (χ1v) is 11.8. The van der Waals surface area contributed by atoms with Crippen LogP contribution in [0.15, 0.2) is 48.5 Å². The number of amides is 2. The molecular weight excluding hydrogens is 446 g/mol. The number of hydrogen-bond donors (Lipinski definition) is 1. The van der Waals surface area contributed by atoms with Crippen molar-refractivity contribution in [1.82, 2.24) is 14.9 Å². The van der Waals surface area contributed by atoms with E-state index in [9.17, 15) is 4.79 Å². The molecule has 5 rings (SSSR count). The number of para-hydroxylation sites is 2. The van der Waals surface area contributed by atoms with Gasteiger partial charge in [-0.15, -0.1) is 0 Å². The molecular formula is C26H29N5O4. The molecule has 2 amide bonds. The highest BCUT2D eigenvalue weighted by atomic mass is 16.5. The smallest absolute Gasteiger partial charge is 0.322 e. The molecule has 0 bridgehead atoms. The number of rotatable bonds is 5. The lowest BCUT2D eigenvalue weighted by Gasteiger charge is -2.32. The van der Waals surface area contributed by atoms with E-state index in [0.29, 0.717) is 56.1 Å². The Labute approximate surface area is 204 Å². The molecule has 0 spiro atoms. The lowest BCUT2D eigenvalue weighted by atomic mass is 10.1. The Hall–Kier alpha value is -3.85. The maximum atomic E-state index is 13.0. The van der Waals surface area contributed by atoms with Gasteiger partial charge in [0.15, 0.2) is 11.5 Å². The van der Waals surface area contributed by atoms with Gasteiger partial charge in [0.05, 0.1) is 38.1 Å². The average Bonchev–Trinajstić information content (AvgIpc) is 2.90. The number of urea groups is 1. The summed E-state index contributed by atoms with van der Waals surface area (Å²) in [4.78, 5) is 26.6. The molecule has 9 nitrogen and oxygen atoms in total. The fourth-order valence-corrected chi connectivity index (χ4v) is 4.18. The van der Waals surface area contributed by atoms with Crippen LogP contribution in [0.4, 0.5) is 16.4 Å². The lowest BCUT2D eigenvalue weighted by Crippen LogP contribution is -2.41. The molecule has 2 aliphatic heterocycles. The minimum Gasteiger partial charge on any atom is -0.493 e. The number of methoxy groups -OCH3 is 1. The number of benzene rings is 2. The van der Waals surface area contributed by atoms with Crippen LogP contribution in [0, 0.1) is 6.92 Å². The van der Waals surface area contributed by atoms with Gasteiger partial charge >= 0.3 is 6.03 Å². The van der Waals surface area contributed by atoms with Crippen LogP contribution in [0.25, 0.3) is 0 Å². The van der Waals surface area contributed by atoms with Crippen LogP contribution in [-0.4, -0.2) is 60.9 Å². The van der Waals surface area contributed by atoms with Crippen LogP contribution >= 0.6 is 0 Å². The normalized spacial score (nSPS) is 15.4. The maximum Gasteiger partial charge on any atom is 0.322 e. The number of carbonyl (C=O) groups excluding carboxylic acids is 1. The van der Waals surface area contributed by atoms with Gasteiger partial charge in [-0.25, -0.2) is 9.78 Å². The number of carbonyl (C=O) groups is 1. The van der Waals surface area contributed by atoms with Gasteiger partial charge in [-0.2, -0.15) is 4.98 Å². The fraction of sp³-hybridized carbons (Fsp3) is 0.346. The molecule has 1 saturated heterocycles. The highest BCUT2D eigenvalue weighted by Gasteiger charge is 2.28. The Kier molecular flexibility index (Phi) is 6.67. The van der Waals surface area contributed by atoms with Crippen molar-refractivity contribution in [2.24, 2.45) is 0 Å². The minimum absolute atomic E-state index is 0.167. The molecule has 182 valence electrons. The van der Waals surface area contributed by atoms with Crippen LogP contribution < -0.4 is 19.7 Å². The summed E-state index contributed by atoms with van der Waals surface area (Å²) in [7, 11) is 1.61. The second-order valence-corrected chi connectivity index (χ2v) is 8.57. The Morgan fingerprint density at radius 3 is 2.49 bits per heavy atom. The predicted octanol–water partition coefficient (Wildman–Crippen LogP) is 4.01. The monoisotopic (exact) mass is 475 g/mol. The largest absolute Gasteiger partial charge is 0.493 e. The zero-order valence-electron chi connectivity index (χ0n) is 20.0. The number of aryl methyl sites for hydroxylation is 1. The van der Waals surface area contributed by atoms with Gasteiger partial charge in [0.25, 0.3) is 0 Å². The third kappa shape index (κ3) is 5.14. The Morgan fingerprint density at radius 2 is 1.74 bits per heavy atom. The Morgan fingerprint density at radius 1 is 1.00 bits per heavy atom. The number of nitrogens with one attached hydrogen (secondary N) is 1. The number of nitrogens with zero attached hydrogens (tertiary/aromatic N) is 4. The van der Waals surface area contributed by atoms with Crippen molar-refractivity contribution < 1.29 is 19.0 Å². The summed E-state index contributed by atoms with van der Waals surface area (Å²) in [6.45, 7) is 5.63. The molecule has 1 fully saturated rings. The number of aromatic nitrogens is 2. The zero-order valence-corrected chi connectivity index (χ0v) is 20.0. The first-order chi connectivity index (χ1) is 17.1. The number of ether oxygens (including phenoxy) is 3. The summed E-state index contributed by atoms with van der Waals surface area (Å²) >= 11 is 0. The molecule has 0 atom stereocenters. The van der Waals surface area contributed by atoms with Crippen LogP contribution in [-0.2, 0) is 17.7 Å². The number of fused-ring (bicyclic) bond motifs is 1. The van der Waals surface area contributed by atoms with Crippen LogP contribution in [0.5, 0.6) is 17.4 Å². The van der Waals surface area contributed by atoms with E-state index in [1.165, 1.54) is 0 Å². The average molecular weight is 476 g/mol. The molecule has 9 heteroatoms. The number of anilines is 2. The van der Waals surface area contributed by atoms with Crippen LogP contribution in [0.2, 0.25) is 0 Å². The van der Waals surface area contributed by atoms with Crippen molar-refractivity contribution >= 4 is 17.7 Å². The maximum absolute atomic E-state index is 13.0. The van der Waals surface area contributed by atoms with Gasteiger partial charge in [0.2, 0.25) is 11.8 Å². The number of hydrogen-bond acceptors (Lipinski definition) is 7. The fourth-order valence-electron chi connectivity index (χ4n) is 4.18. The third-order valence-electron chi connectivity index (χ3n) is 6.17. The highest BCUT2D eigenvalue weighted by Crippen LogP contribution is 2.35. The summed E-state index contributed by atoms with van der Waals surface area (Å²) in [6.07, 6.45) is 0.610. The molecule has 0 unspecified atom stereocenters. The molecule has 1 N–H and O–H groups in total. The van der Waals surface area contributed by atoms with Gasteiger partial charge in [0, 0.05) is 31.7 Å². The highest BCUT2D eigenvalue weighted by molar-refractivity contribution is 5.89. The first-order valence-electron chi connectivity index (χ1n) is 11.8. The van der Waals surface area contributed by atoms with E-state index in [4.69, 9.17) is 24.2 Å². The molecule has 0 saturated carbocycles. The van der Waals surface area contributed by atoms with E-state index < -0.39 is 0 Å². The standard InChI is InChI=1S/C26H29N5O4/c1-18-7-9-19(10-8-18)27-26(32)31-12-11-21-20(17-31)24(35-23-6-4-3-5-22(23)33-2)29-25(28-21)30-13-15-34-16-14-30/h3-10H,11-17H2,1-2H3,(H,27,32). The molecule has 2 aromatic carbocycles. The summed E-state index contributed by atoms with van der Waals surface area (Å²) in [5.74, 6) is 2.23. The Balaban J connectivity index is 1.44. The summed E-state index contributed by atoms with van der Waals surface area (Å²) in [5, 5.41) is 2.98. The molecule has 3 heterocycles. The van der Waals surface area contributed by atoms with Gasteiger partial charge in [0.1, 0.15) is 0 Å². The van der Waals surface area contributed by atoms with Crippen LogP contribution in [0.1, 0.15) is 16.8 Å². The van der Waals surface area contributed by atoms with Gasteiger partial charge in [-0.1, -0.05) is 29.8 Å². The third-order valence-corrected chi connectivity index (χ3v) is 6.17. The lowest BCUT2D eigenvalue weighted by molar-refractivity contribution is 0.122. The minimum atomic E-state index is -0.167. The summed E-state index contributed by atoms with van der Waals surface area (Å²) in [6, 6.07) is 15.0. The molecule has 35 heavy (non-hydrogen) atoms. The molecule has 1 aromatic heterocycles. The SMILES string of the molecule is COc1ccccc1Oc1nc(N2CCOCC2)nc2c1CN(C(=O)Nc1ccc(C)cc1)CC2. The zero-order chi connectivity index (χ0) is 24.2. The quantitative estimate of drug-likeness (QED) is 0.596. The van der Waals surface area contributed by atoms with Crippen molar-refractivity contribution in [3.63, 3.8) is 0 Å². The van der Waals surface area contributed by atoms with E-state index in [2.05, 4.69) is 10.2 Å². The van der Waals surface area contributed by atoms with Crippen LogP contribution in [0.3, 0.4) is 0 Å². The molecule has 2 aliphatic rings. The molecule has 3 aromatic rings. The van der Waals surface area contributed by atoms with Crippen molar-refractivity contribution in [3.05, 3.63) is 65.4 Å². The predicted molar refractivity (Wildman–Crippen MR) is 132 cm³/mol. The second-order valence-electron chi connectivity index (χ2n) is 8.57. The van der Waals surface area contributed by atoms with Crippen molar-refractivity contribution in [2.75, 3.05) is 50.2 Å².